The number of ether oxygens (including phenoxy) is 3. The highest BCUT2D eigenvalue weighted by Crippen LogP contribution is 2.61. The highest BCUT2D eigenvalue weighted by atomic mass is 32.2. The molecule has 2 aromatic rings. The fourth-order valence-electron chi connectivity index (χ4n) is 5.57. The molecule has 4 heterocycles. The fraction of sp³-hybridized carbons (Fsp3) is 0.385. The Morgan fingerprint density at radius 2 is 1.82 bits per heavy atom. The summed E-state index contributed by atoms with van der Waals surface area (Å²) in [4.78, 5) is 30.1. The van der Waals surface area contributed by atoms with E-state index in [1.807, 2.05) is 49.9 Å². The van der Waals surface area contributed by atoms with E-state index < -0.39 is 10.4 Å². The molecule has 8 heteroatoms. The van der Waals surface area contributed by atoms with Crippen molar-refractivity contribution in [3.63, 3.8) is 0 Å². The number of carbonyl (C=O) groups excluding carboxylic acids is 2. The van der Waals surface area contributed by atoms with Crippen molar-refractivity contribution in [1.82, 2.24) is 0 Å². The average Bonchev–Trinajstić information content (AvgIpc) is 3.28. The minimum Gasteiger partial charge on any atom is -0.494 e. The molecule has 1 spiro atoms. The van der Waals surface area contributed by atoms with Gasteiger partial charge < -0.3 is 14.2 Å². The number of fused-ring (bicyclic) bond motifs is 2. The number of hydrogen-bond donors (Lipinski definition) is 0. The smallest absolute Gasteiger partial charge is 0.269 e. The van der Waals surface area contributed by atoms with Crippen LogP contribution in [0, 0.1) is 0 Å². The lowest BCUT2D eigenvalue weighted by molar-refractivity contribution is -0.124. The van der Waals surface area contributed by atoms with Gasteiger partial charge in [0.2, 0.25) is 10.8 Å². The topological polar surface area (TPSA) is 68.3 Å². The van der Waals surface area contributed by atoms with Gasteiger partial charge in [0.05, 0.1) is 23.6 Å². The highest BCUT2D eigenvalue weighted by molar-refractivity contribution is 8.02. The van der Waals surface area contributed by atoms with E-state index in [0.717, 1.165) is 22.4 Å². The second-order valence-corrected chi connectivity index (χ2v) is 10.6. The number of rotatable bonds is 3. The molecule has 0 radical (unpaired) electrons. The van der Waals surface area contributed by atoms with Crippen LogP contribution in [0.4, 0.5) is 11.4 Å². The van der Waals surface area contributed by atoms with Crippen molar-refractivity contribution in [2.24, 2.45) is 0 Å². The van der Waals surface area contributed by atoms with Gasteiger partial charge in [-0.05, 0) is 57.5 Å². The van der Waals surface area contributed by atoms with Gasteiger partial charge in [0.1, 0.15) is 19.0 Å². The number of carbonyl (C=O) groups is 2. The Bertz CT molecular complexity index is 1290. The zero-order chi connectivity index (χ0) is 23.8. The molecule has 34 heavy (non-hydrogen) atoms. The molecule has 0 saturated carbocycles. The van der Waals surface area contributed by atoms with Gasteiger partial charge in [-0.1, -0.05) is 6.08 Å². The molecule has 2 amide bonds. The van der Waals surface area contributed by atoms with Crippen LogP contribution in [0.3, 0.4) is 0 Å². The first-order chi connectivity index (χ1) is 16.3. The van der Waals surface area contributed by atoms with E-state index in [2.05, 4.69) is 13.0 Å². The molecule has 0 bridgehead atoms. The van der Waals surface area contributed by atoms with E-state index in [1.165, 1.54) is 11.8 Å². The summed E-state index contributed by atoms with van der Waals surface area (Å²) in [5, 5.41) is 0. The van der Waals surface area contributed by atoms with Crippen LogP contribution in [0.1, 0.15) is 38.8 Å². The quantitative estimate of drug-likeness (QED) is 0.654. The lowest BCUT2D eigenvalue weighted by Crippen LogP contribution is -2.54. The van der Waals surface area contributed by atoms with E-state index >= 15 is 0 Å². The summed E-state index contributed by atoms with van der Waals surface area (Å²) in [6, 6.07) is 9.37. The van der Waals surface area contributed by atoms with Crippen LogP contribution in [0.5, 0.6) is 17.2 Å². The van der Waals surface area contributed by atoms with E-state index in [4.69, 9.17) is 14.2 Å². The monoisotopic (exact) mass is 478 g/mol. The fourth-order valence-corrected chi connectivity index (χ4v) is 6.90. The first-order valence-corrected chi connectivity index (χ1v) is 12.5. The van der Waals surface area contributed by atoms with Crippen LogP contribution in [-0.4, -0.2) is 42.9 Å². The summed E-state index contributed by atoms with van der Waals surface area (Å²) < 4.78 is 17.4. The molecule has 0 aliphatic carbocycles. The molecule has 0 N–H and O–H groups in total. The first kappa shape index (κ1) is 21.4. The third-order valence-corrected chi connectivity index (χ3v) is 8.19. The Labute approximate surface area is 202 Å². The van der Waals surface area contributed by atoms with Crippen molar-refractivity contribution in [3.8, 4) is 17.2 Å². The predicted octanol–water partition coefficient (Wildman–Crippen LogP) is 4.33. The molecule has 4 aliphatic heterocycles. The molecule has 0 aromatic heterocycles. The van der Waals surface area contributed by atoms with E-state index in [-0.39, 0.29) is 17.6 Å². The molecule has 1 fully saturated rings. The number of amides is 2. The number of anilines is 2. The summed E-state index contributed by atoms with van der Waals surface area (Å²) in [6.45, 7) is 9.51. The normalized spacial score (nSPS) is 23.9. The summed E-state index contributed by atoms with van der Waals surface area (Å²) in [6.07, 6.45) is 2.11. The van der Waals surface area contributed by atoms with Crippen molar-refractivity contribution >= 4 is 40.5 Å². The maximum absolute atomic E-state index is 14.4. The molecule has 2 aromatic carbocycles. The zero-order valence-corrected chi connectivity index (χ0v) is 20.5. The Morgan fingerprint density at radius 3 is 2.59 bits per heavy atom. The first-order valence-electron chi connectivity index (χ1n) is 11.5. The highest BCUT2D eigenvalue weighted by Gasteiger charge is 2.64. The van der Waals surface area contributed by atoms with E-state index in [1.54, 1.807) is 11.0 Å². The Kier molecular flexibility index (Phi) is 4.52. The molecule has 0 unspecified atom stereocenters. The van der Waals surface area contributed by atoms with Crippen LogP contribution in [-0.2, 0) is 14.5 Å². The van der Waals surface area contributed by atoms with Crippen LogP contribution in [0.2, 0.25) is 0 Å². The standard InChI is InChI=1S/C26H26N2O5S/c1-5-31-17-11-18-15(2)13-25(3,4)28-23(18)19(12-17)26(24(28)30)27(22(29)14-34-26)16-6-7-20-21(10-16)33-9-8-32-20/h6-7,10-13H,5,8-9,14H2,1-4H3/t26-/m1/s1. The molecule has 1 atom stereocenters. The van der Waals surface area contributed by atoms with Crippen molar-refractivity contribution in [3.05, 3.63) is 47.5 Å². The van der Waals surface area contributed by atoms with Crippen molar-refractivity contribution in [2.45, 2.75) is 38.1 Å². The third kappa shape index (κ3) is 2.72. The number of allylic oxidation sites excluding steroid dienone is 1. The summed E-state index contributed by atoms with van der Waals surface area (Å²) in [5.41, 5.74) is 3.79. The molecule has 4 aliphatic rings. The van der Waals surface area contributed by atoms with Crippen molar-refractivity contribution < 1.29 is 23.8 Å². The van der Waals surface area contributed by atoms with E-state index in [0.29, 0.717) is 42.8 Å². The second kappa shape index (κ2) is 7.18. The van der Waals surface area contributed by atoms with Gasteiger partial charge in [0.25, 0.3) is 5.91 Å². The third-order valence-electron chi connectivity index (χ3n) is 6.80. The van der Waals surface area contributed by atoms with Gasteiger partial charge in [0.15, 0.2) is 11.5 Å². The lowest BCUT2D eigenvalue weighted by atomic mass is 9.89. The van der Waals surface area contributed by atoms with Gasteiger partial charge in [-0.15, -0.1) is 11.8 Å². The van der Waals surface area contributed by atoms with Crippen LogP contribution < -0.4 is 24.0 Å². The van der Waals surface area contributed by atoms with E-state index in [9.17, 15) is 9.59 Å². The zero-order valence-electron chi connectivity index (χ0n) is 19.6. The van der Waals surface area contributed by atoms with Crippen molar-refractivity contribution in [1.29, 1.82) is 0 Å². The number of hydrogen-bond acceptors (Lipinski definition) is 6. The van der Waals surface area contributed by atoms with Gasteiger partial charge in [-0.2, -0.15) is 0 Å². The molecule has 176 valence electrons. The Balaban J connectivity index is 1.60. The average molecular weight is 479 g/mol. The summed E-state index contributed by atoms with van der Waals surface area (Å²) >= 11 is 1.37. The predicted molar refractivity (Wildman–Crippen MR) is 132 cm³/mol. The van der Waals surface area contributed by atoms with Crippen molar-refractivity contribution in [2.75, 3.05) is 35.4 Å². The lowest BCUT2D eigenvalue weighted by Gasteiger charge is -2.40. The van der Waals surface area contributed by atoms with Gasteiger partial charge in [0, 0.05) is 22.9 Å². The summed E-state index contributed by atoms with van der Waals surface area (Å²) in [7, 11) is 0. The summed E-state index contributed by atoms with van der Waals surface area (Å²) in [5.74, 6) is 1.89. The molecular weight excluding hydrogens is 452 g/mol. The SMILES string of the molecule is CCOc1cc2c3c(c1)[C@@]1(SCC(=O)N1c1ccc4c(c1)OCCO4)C(=O)N3C(C)(C)C=C2C. The Morgan fingerprint density at radius 1 is 1.06 bits per heavy atom. The van der Waals surface area contributed by atoms with Crippen LogP contribution in [0.25, 0.3) is 5.57 Å². The second-order valence-electron chi connectivity index (χ2n) is 9.41. The molecule has 7 nitrogen and oxygen atoms in total. The maximum Gasteiger partial charge on any atom is 0.269 e. The Hall–Kier alpha value is -3.13. The molecular formula is C26H26N2O5S. The largest absolute Gasteiger partial charge is 0.494 e. The number of thioether (sulfide) groups is 1. The van der Waals surface area contributed by atoms with Gasteiger partial charge in [-0.3, -0.25) is 19.4 Å². The minimum atomic E-state index is -1.21. The maximum atomic E-state index is 14.4. The van der Waals surface area contributed by atoms with Gasteiger partial charge in [-0.25, -0.2) is 0 Å². The van der Waals surface area contributed by atoms with Crippen LogP contribution in [0.15, 0.2) is 36.4 Å². The number of benzene rings is 2. The molecule has 1 saturated heterocycles. The van der Waals surface area contributed by atoms with Crippen LogP contribution >= 0.6 is 11.8 Å². The minimum absolute atomic E-state index is 0.114. The molecule has 6 rings (SSSR count). The van der Waals surface area contributed by atoms with Gasteiger partial charge >= 0.3 is 0 Å². The number of nitrogens with zero attached hydrogens (tertiary/aromatic N) is 2.